The summed E-state index contributed by atoms with van der Waals surface area (Å²) < 4.78 is 0. The van der Waals surface area contributed by atoms with E-state index in [1.54, 1.807) is 11.3 Å². The summed E-state index contributed by atoms with van der Waals surface area (Å²) in [5, 5.41) is 7.36. The molecule has 0 atom stereocenters. The van der Waals surface area contributed by atoms with Gasteiger partial charge in [-0.2, -0.15) is 0 Å². The lowest BCUT2D eigenvalue weighted by Crippen LogP contribution is -2.52. The summed E-state index contributed by atoms with van der Waals surface area (Å²) in [6, 6.07) is 4.28. The average Bonchev–Trinajstić information content (AvgIpc) is 2.97. The first-order valence-electron chi connectivity index (χ1n) is 6.85. The number of halogens is 2. The molecule has 1 aliphatic rings. The van der Waals surface area contributed by atoms with Crippen LogP contribution in [-0.4, -0.2) is 50.1 Å². The van der Waals surface area contributed by atoms with Gasteiger partial charge in [-0.1, -0.05) is 18.2 Å². The van der Waals surface area contributed by atoms with E-state index in [0.717, 1.165) is 38.7 Å². The number of nitrogens with one attached hydrogen (secondary N) is 1. The van der Waals surface area contributed by atoms with E-state index in [2.05, 4.69) is 51.1 Å². The summed E-state index contributed by atoms with van der Waals surface area (Å²) in [6.45, 7) is 11.1. The predicted molar refractivity (Wildman–Crippen MR) is 104 cm³/mol. The van der Waals surface area contributed by atoms with Crippen molar-refractivity contribution in [2.24, 2.45) is 4.99 Å². The van der Waals surface area contributed by atoms with Crippen LogP contribution in [0.25, 0.3) is 0 Å². The average molecular weight is 441 g/mol. The van der Waals surface area contributed by atoms with Crippen LogP contribution in [0.5, 0.6) is 0 Å². The molecular formula is C14H22ClIN4S. The lowest BCUT2D eigenvalue weighted by Gasteiger charge is -2.37. The van der Waals surface area contributed by atoms with E-state index >= 15 is 0 Å². The second-order valence-corrected chi connectivity index (χ2v) is 6.07. The van der Waals surface area contributed by atoms with Gasteiger partial charge in [-0.3, -0.25) is 0 Å². The van der Waals surface area contributed by atoms with Gasteiger partial charge in [-0.15, -0.1) is 35.3 Å². The molecular weight excluding hydrogens is 419 g/mol. The summed E-state index contributed by atoms with van der Waals surface area (Å²) in [5.74, 6) is 0.931. The van der Waals surface area contributed by atoms with E-state index in [1.165, 1.54) is 5.00 Å². The van der Waals surface area contributed by atoms with Gasteiger partial charge >= 0.3 is 0 Å². The molecule has 1 saturated heterocycles. The summed E-state index contributed by atoms with van der Waals surface area (Å²) >= 11 is 7.59. The third kappa shape index (κ3) is 5.67. The zero-order chi connectivity index (χ0) is 14.4. The highest BCUT2D eigenvalue weighted by Gasteiger charge is 2.20. The van der Waals surface area contributed by atoms with Gasteiger partial charge in [0.05, 0.1) is 11.5 Å². The van der Waals surface area contributed by atoms with Crippen LogP contribution >= 0.6 is 46.9 Å². The number of thiophene rings is 1. The van der Waals surface area contributed by atoms with Gasteiger partial charge in [0.25, 0.3) is 0 Å². The van der Waals surface area contributed by atoms with Crippen molar-refractivity contribution in [1.29, 1.82) is 0 Å². The molecule has 0 bridgehead atoms. The maximum absolute atomic E-state index is 5.80. The number of nitrogens with zero attached hydrogens (tertiary/aromatic N) is 3. The molecule has 0 aromatic carbocycles. The molecule has 4 nitrogen and oxygen atoms in total. The van der Waals surface area contributed by atoms with Crippen molar-refractivity contribution in [2.45, 2.75) is 6.92 Å². The molecule has 0 unspecified atom stereocenters. The molecule has 1 aromatic rings. The topological polar surface area (TPSA) is 30.9 Å². The van der Waals surface area contributed by atoms with Gasteiger partial charge in [0.1, 0.15) is 0 Å². The van der Waals surface area contributed by atoms with Crippen LogP contribution in [0.2, 0.25) is 0 Å². The van der Waals surface area contributed by atoms with Gasteiger partial charge in [0, 0.05) is 37.8 Å². The standard InChI is InChI=1S/C14H21ClN4S.HI/c1-3-16-14(17-11-12(2)15)19-8-6-18(7-9-19)13-5-4-10-20-13;/h4-5,10H,2-3,6-9,11H2,1H3,(H,16,17);1H. The Balaban J connectivity index is 0.00000220. The molecule has 118 valence electrons. The normalized spacial score (nSPS) is 15.6. The minimum absolute atomic E-state index is 0. The lowest BCUT2D eigenvalue weighted by molar-refractivity contribution is 0.374. The molecule has 0 saturated carbocycles. The number of piperazine rings is 1. The van der Waals surface area contributed by atoms with Gasteiger partial charge in [0.2, 0.25) is 0 Å². The molecule has 1 aliphatic heterocycles. The van der Waals surface area contributed by atoms with Crippen molar-refractivity contribution < 1.29 is 0 Å². The van der Waals surface area contributed by atoms with Crippen LogP contribution in [0, 0.1) is 0 Å². The molecule has 0 aliphatic carbocycles. The van der Waals surface area contributed by atoms with E-state index in [4.69, 9.17) is 11.6 Å². The van der Waals surface area contributed by atoms with Crippen molar-refractivity contribution in [3.63, 3.8) is 0 Å². The van der Waals surface area contributed by atoms with Crippen LogP contribution < -0.4 is 10.2 Å². The lowest BCUT2D eigenvalue weighted by atomic mass is 10.3. The molecule has 21 heavy (non-hydrogen) atoms. The zero-order valence-corrected chi connectivity index (χ0v) is 16.1. The van der Waals surface area contributed by atoms with Crippen molar-refractivity contribution in [2.75, 3.05) is 44.2 Å². The summed E-state index contributed by atoms with van der Waals surface area (Å²) in [5.41, 5.74) is 0. The molecule has 0 radical (unpaired) electrons. The first-order valence-corrected chi connectivity index (χ1v) is 8.11. The molecule has 0 amide bonds. The van der Waals surface area contributed by atoms with E-state index in [-0.39, 0.29) is 24.0 Å². The number of hydrogen-bond donors (Lipinski definition) is 1. The Morgan fingerprint density at radius 1 is 1.43 bits per heavy atom. The number of hydrogen-bond acceptors (Lipinski definition) is 3. The molecule has 1 aromatic heterocycles. The summed E-state index contributed by atoms with van der Waals surface area (Å²) in [7, 11) is 0. The Kier molecular flexibility index (Phi) is 8.43. The van der Waals surface area contributed by atoms with Gasteiger partial charge in [-0.25, -0.2) is 4.99 Å². The van der Waals surface area contributed by atoms with Gasteiger partial charge < -0.3 is 15.1 Å². The van der Waals surface area contributed by atoms with Gasteiger partial charge in [0.15, 0.2) is 5.96 Å². The van der Waals surface area contributed by atoms with E-state index < -0.39 is 0 Å². The van der Waals surface area contributed by atoms with Crippen molar-refractivity contribution in [1.82, 2.24) is 10.2 Å². The van der Waals surface area contributed by atoms with Crippen LogP contribution in [0.4, 0.5) is 5.00 Å². The maximum atomic E-state index is 5.80. The highest BCUT2D eigenvalue weighted by atomic mass is 127. The fraction of sp³-hybridized carbons (Fsp3) is 0.500. The predicted octanol–water partition coefficient (Wildman–Crippen LogP) is 3.21. The SMILES string of the molecule is C=C(Cl)CN=C(NCC)N1CCN(c2cccs2)CC1.I. The minimum atomic E-state index is 0. The Bertz CT molecular complexity index is 456. The molecule has 1 N–H and O–H groups in total. The Morgan fingerprint density at radius 3 is 2.67 bits per heavy atom. The zero-order valence-electron chi connectivity index (χ0n) is 12.2. The van der Waals surface area contributed by atoms with Crippen molar-refractivity contribution in [3.05, 3.63) is 29.1 Å². The van der Waals surface area contributed by atoms with Crippen molar-refractivity contribution in [3.8, 4) is 0 Å². The van der Waals surface area contributed by atoms with Crippen LogP contribution in [0.15, 0.2) is 34.1 Å². The van der Waals surface area contributed by atoms with E-state index in [0.29, 0.717) is 11.6 Å². The first kappa shape index (κ1) is 18.6. The number of aliphatic imine (C=N–C) groups is 1. The summed E-state index contributed by atoms with van der Waals surface area (Å²) in [4.78, 5) is 9.22. The summed E-state index contributed by atoms with van der Waals surface area (Å²) in [6.07, 6.45) is 0. The molecule has 2 heterocycles. The monoisotopic (exact) mass is 440 g/mol. The number of guanidine groups is 1. The molecule has 0 spiro atoms. The highest BCUT2D eigenvalue weighted by molar-refractivity contribution is 14.0. The third-order valence-electron chi connectivity index (χ3n) is 3.13. The van der Waals surface area contributed by atoms with E-state index in [1.807, 2.05) is 0 Å². The number of rotatable bonds is 4. The van der Waals surface area contributed by atoms with Crippen LogP contribution in [-0.2, 0) is 0 Å². The smallest absolute Gasteiger partial charge is 0.194 e. The number of anilines is 1. The van der Waals surface area contributed by atoms with Crippen LogP contribution in [0.3, 0.4) is 0 Å². The minimum Gasteiger partial charge on any atom is -0.360 e. The molecule has 7 heteroatoms. The first-order chi connectivity index (χ1) is 9.70. The van der Waals surface area contributed by atoms with Gasteiger partial charge in [-0.05, 0) is 24.4 Å². The third-order valence-corrected chi connectivity index (χ3v) is 4.18. The second kappa shape index (κ2) is 9.53. The fourth-order valence-electron chi connectivity index (χ4n) is 2.17. The Hall–Kier alpha value is -0.470. The Morgan fingerprint density at radius 2 is 2.14 bits per heavy atom. The van der Waals surface area contributed by atoms with Crippen LogP contribution in [0.1, 0.15) is 6.92 Å². The molecule has 1 fully saturated rings. The molecule has 2 rings (SSSR count). The highest BCUT2D eigenvalue weighted by Crippen LogP contribution is 2.22. The largest absolute Gasteiger partial charge is 0.360 e. The Labute approximate surface area is 152 Å². The quantitative estimate of drug-likeness (QED) is 0.443. The fourth-order valence-corrected chi connectivity index (χ4v) is 3.02. The van der Waals surface area contributed by atoms with Crippen molar-refractivity contribution >= 4 is 57.9 Å². The maximum Gasteiger partial charge on any atom is 0.194 e. The second-order valence-electron chi connectivity index (χ2n) is 4.61. The van der Waals surface area contributed by atoms with E-state index in [9.17, 15) is 0 Å².